The maximum atomic E-state index is 9.85. The number of phenolic OH excluding ortho intramolecular Hbond substituents is 1. The van der Waals surface area contributed by atoms with Gasteiger partial charge in [-0.3, -0.25) is 4.99 Å². The number of benzene rings is 2. The Balaban J connectivity index is 0.000000612. The predicted octanol–water partition coefficient (Wildman–Crippen LogP) is 5.14. The standard InChI is InChI=1S/C15H15NO.2ClH.Ti/c1-11-6-3-4-9-14(11)16-10-13-8-5-7-12(2)15(13)17;;;/h3-10,17H,1-2H3;2*1H;/q;;;+2/p-2. The first-order chi connectivity index (χ1) is 9.60. The van der Waals surface area contributed by atoms with Crippen LogP contribution in [0.3, 0.4) is 0 Å². The molecule has 0 amide bonds. The Morgan fingerprint density at radius 3 is 2.25 bits per heavy atom. The molecule has 104 valence electrons. The van der Waals surface area contributed by atoms with Crippen molar-refractivity contribution in [3.05, 3.63) is 59.2 Å². The van der Waals surface area contributed by atoms with Crippen molar-refractivity contribution >= 4 is 30.5 Å². The summed E-state index contributed by atoms with van der Waals surface area (Å²) in [6, 6.07) is 13.6. The van der Waals surface area contributed by atoms with E-state index in [9.17, 15) is 5.11 Å². The molecule has 0 aliphatic rings. The second-order valence-electron chi connectivity index (χ2n) is 4.13. The molecule has 0 saturated heterocycles. The van der Waals surface area contributed by atoms with E-state index in [1.165, 1.54) is 0 Å². The van der Waals surface area contributed by atoms with Crippen LogP contribution in [0.1, 0.15) is 16.7 Å². The van der Waals surface area contributed by atoms with Crippen LogP contribution in [0.25, 0.3) is 0 Å². The summed E-state index contributed by atoms with van der Waals surface area (Å²) in [5, 5.41) is 9.85. The molecule has 2 nitrogen and oxygen atoms in total. The van der Waals surface area contributed by atoms with Crippen LogP contribution >= 0.6 is 18.6 Å². The number of para-hydroxylation sites is 2. The van der Waals surface area contributed by atoms with Crippen molar-refractivity contribution in [2.45, 2.75) is 13.8 Å². The quantitative estimate of drug-likeness (QED) is 0.594. The van der Waals surface area contributed by atoms with Crippen LogP contribution in [-0.4, -0.2) is 11.3 Å². The summed E-state index contributed by atoms with van der Waals surface area (Å²) >= 11 is -0.556. The van der Waals surface area contributed by atoms with Gasteiger partial charge in [0, 0.05) is 11.8 Å². The van der Waals surface area contributed by atoms with Crippen LogP contribution in [0, 0.1) is 13.8 Å². The van der Waals surface area contributed by atoms with Gasteiger partial charge in [0.2, 0.25) is 0 Å². The van der Waals surface area contributed by atoms with Crippen molar-refractivity contribution in [3.8, 4) is 5.75 Å². The molecule has 2 rings (SSSR count). The van der Waals surface area contributed by atoms with Crippen LogP contribution in [0.2, 0.25) is 0 Å². The van der Waals surface area contributed by atoms with E-state index < -0.39 is 17.0 Å². The molecule has 0 unspecified atom stereocenters. The monoisotopic (exact) mass is 343 g/mol. The van der Waals surface area contributed by atoms with Crippen molar-refractivity contribution in [2.75, 3.05) is 0 Å². The predicted molar refractivity (Wildman–Crippen MR) is 83.0 cm³/mol. The van der Waals surface area contributed by atoms with Gasteiger partial charge < -0.3 is 5.11 Å². The van der Waals surface area contributed by atoms with Gasteiger partial charge in [0.1, 0.15) is 5.75 Å². The molecule has 0 saturated carbocycles. The van der Waals surface area contributed by atoms with Crippen molar-refractivity contribution in [2.24, 2.45) is 4.99 Å². The molecule has 0 radical (unpaired) electrons. The van der Waals surface area contributed by atoms with Gasteiger partial charge in [0.15, 0.2) is 0 Å². The topological polar surface area (TPSA) is 32.6 Å². The van der Waals surface area contributed by atoms with Gasteiger partial charge in [0.25, 0.3) is 0 Å². The number of hydrogen-bond donors (Lipinski definition) is 1. The number of phenols is 1. The van der Waals surface area contributed by atoms with Gasteiger partial charge in [-0.05, 0) is 37.1 Å². The Hall–Kier alpha value is -0.796. The van der Waals surface area contributed by atoms with Gasteiger partial charge in [-0.2, -0.15) is 0 Å². The number of aliphatic imine (C=N–C) groups is 1. The van der Waals surface area contributed by atoms with Crippen LogP contribution in [0.4, 0.5) is 5.69 Å². The molecule has 5 heteroatoms. The molecule has 2 aromatic carbocycles. The first-order valence-electron chi connectivity index (χ1n) is 5.94. The third-order valence-corrected chi connectivity index (χ3v) is 2.73. The summed E-state index contributed by atoms with van der Waals surface area (Å²) in [5.41, 5.74) is 3.65. The Labute approximate surface area is 136 Å². The average molecular weight is 344 g/mol. The number of nitrogens with zero attached hydrogens (tertiary/aromatic N) is 1. The molecule has 20 heavy (non-hydrogen) atoms. The molecule has 0 heterocycles. The molecule has 0 spiro atoms. The number of hydrogen-bond acceptors (Lipinski definition) is 2. The van der Waals surface area contributed by atoms with Gasteiger partial charge in [-0.1, -0.05) is 30.3 Å². The molecule has 2 aromatic rings. The minimum atomic E-state index is -0.556. The van der Waals surface area contributed by atoms with E-state index in [4.69, 9.17) is 18.6 Å². The summed E-state index contributed by atoms with van der Waals surface area (Å²) in [6.07, 6.45) is 1.70. The van der Waals surface area contributed by atoms with E-state index in [-0.39, 0.29) is 0 Å². The van der Waals surface area contributed by atoms with Crippen molar-refractivity contribution < 1.29 is 22.1 Å². The van der Waals surface area contributed by atoms with Crippen LogP contribution in [0.5, 0.6) is 5.75 Å². The van der Waals surface area contributed by atoms with Gasteiger partial charge in [-0.15, -0.1) is 0 Å². The summed E-state index contributed by atoms with van der Waals surface area (Å²) < 4.78 is 0. The Bertz CT molecular complexity index is 588. The van der Waals surface area contributed by atoms with Crippen molar-refractivity contribution in [1.82, 2.24) is 0 Å². The van der Waals surface area contributed by atoms with E-state index in [2.05, 4.69) is 4.99 Å². The van der Waals surface area contributed by atoms with Gasteiger partial charge >= 0.3 is 35.6 Å². The van der Waals surface area contributed by atoms with E-state index >= 15 is 0 Å². The Kier molecular flexibility index (Phi) is 7.94. The van der Waals surface area contributed by atoms with Crippen LogP contribution in [0.15, 0.2) is 47.5 Å². The van der Waals surface area contributed by atoms with Gasteiger partial charge in [0.05, 0.1) is 5.69 Å². The molecule has 0 fully saturated rings. The first kappa shape index (κ1) is 17.3. The molecule has 0 atom stereocenters. The third-order valence-electron chi connectivity index (χ3n) is 2.73. The number of rotatable bonds is 2. The molecule has 0 aliphatic carbocycles. The van der Waals surface area contributed by atoms with Crippen LogP contribution in [-0.2, 0) is 17.0 Å². The third kappa shape index (κ3) is 5.30. The average Bonchev–Trinajstić information content (AvgIpc) is 2.43. The molecular formula is C15H15Cl2NOTi. The van der Waals surface area contributed by atoms with Crippen molar-refractivity contribution in [1.29, 1.82) is 0 Å². The number of aromatic hydroxyl groups is 1. The molecular weight excluding hydrogens is 329 g/mol. The normalized spacial score (nSPS) is 10.0. The first-order valence-corrected chi connectivity index (χ1v) is 10.2. The zero-order valence-electron chi connectivity index (χ0n) is 11.3. The zero-order chi connectivity index (χ0) is 15.0. The fraction of sp³-hybridized carbons (Fsp3) is 0.133. The van der Waals surface area contributed by atoms with E-state index in [0.29, 0.717) is 5.75 Å². The summed E-state index contributed by atoms with van der Waals surface area (Å²) in [4.78, 5) is 4.39. The molecule has 0 bridgehead atoms. The minimum absolute atomic E-state index is 0.296. The summed E-state index contributed by atoms with van der Waals surface area (Å²) in [7, 11) is 9.78. The van der Waals surface area contributed by atoms with E-state index in [1.807, 2.05) is 56.3 Å². The number of halogens is 2. The van der Waals surface area contributed by atoms with E-state index in [1.54, 1.807) is 6.21 Å². The zero-order valence-corrected chi connectivity index (χ0v) is 14.3. The Morgan fingerprint density at radius 1 is 1.00 bits per heavy atom. The second kappa shape index (κ2) is 9.20. The summed E-state index contributed by atoms with van der Waals surface area (Å²) in [5.74, 6) is 0.296. The van der Waals surface area contributed by atoms with Crippen LogP contribution < -0.4 is 0 Å². The fourth-order valence-electron chi connectivity index (χ4n) is 1.63. The molecule has 0 aromatic heterocycles. The van der Waals surface area contributed by atoms with E-state index in [0.717, 1.165) is 22.4 Å². The summed E-state index contributed by atoms with van der Waals surface area (Å²) in [6.45, 7) is 3.89. The number of aryl methyl sites for hydroxylation is 2. The van der Waals surface area contributed by atoms with Crippen molar-refractivity contribution in [3.63, 3.8) is 0 Å². The molecule has 1 N–H and O–H groups in total. The second-order valence-corrected chi connectivity index (χ2v) is 6.71. The Morgan fingerprint density at radius 2 is 1.60 bits per heavy atom. The fourth-order valence-corrected chi connectivity index (χ4v) is 1.63. The molecule has 0 aliphatic heterocycles. The van der Waals surface area contributed by atoms with Gasteiger partial charge in [-0.25, -0.2) is 0 Å². The SMILES string of the molecule is Cc1ccccc1N=Cc1cccc(C)c1O.[Cl][Ti][Cl]. The maximum absolute atomic E-state index is 9.85.